The Morgan fingerprint density at radius 3 is 2.75 bits per heavy atom. The quantitative estimate of drug-likeness (QED) is 0.804. The van der Waals surface area contributed by atoms with Crippen LogP contribution in [0.25, 0.3) is 0 Å². The van der Waals surface area contributed by atoms with Gasteiger partial charge >= 0.3 is 0 Å². The average Bonchev–Trinajstić information content (AvgIpc) is 2.52. The van der Waals surface area contributed by atoms with Gasteiger partial charge in [-0.3, -0.25) is 4.79 Å². The lowest BCUT2D eigenvalue weighted by atomic mass is 9.99. The number of carbonyl (C=O) groups excluding carboxylic acids is 1. The van der Waals surface area contributed by atoms with E-state index in [1.807, 2.05) is 0 Å². The minimum Gasteiger partial charge on any atom is -0.490 e. The predicted octanol–water partition coefficient (Wildman–Crippen LogP) is 3.48. The van der Waals surface area contributed by atoms with Gasteiger partial charge in [0.2, 0.25) is 0 Å². The van der Waals surface area contributed by atoms with E-state index in [0.29, 0.717) is 18.7 Å². The van der Waals surface area contributed by atoms with Crippen LogP contribution in [0.4, 0.5) is 0 Å². The summed E-state index contributed by atoms with van der Waals surface area (Å²) in [4.78, 5) is 12.0. The molecule has 2 rings (SSSR count). The zero-order valence-corrected chi connectivity index (χ0v) is 11.7. The minimum atomic E-state index is -0.0354. The summed E-state index contributed by atoms with van der Waals surface area (Å²) < 4.78 is 5.39. The number of ether oxygens (including phenoxy) is 1. The molecule has 3 nitrogen and oxygen atoms in total. The maximum absolute atomic E-state index is 12.0. The molecule has 0 radical (unpaired) electrons. The number of rotatable bonds is 6. The summed E-state index contributed by atoms with van der Waals surface area (Å²) in [6.07, 6.45) is 8.68. The van der Waals surface area contributed by atoms with Crippen LogP contribution in [0.2, 0.25) is 0 Å². The highest BCUT2D eigenvalue weighted by atomic mass is 16.5. The second kappa shape index (κ2) is 7.53. The van der Waals surface area contributed by atoms with Gasteiger partial charge in [0.15, 0.2) is 0 Å². The highest BCUT2D eigenvalue weighted by Crippen LogP contribution is 2.17. The molecule has 20 heavy (non-hydrogen) atoms. The van der Waals surface area contributed by atoms with Crippen molar-refractivity contribution in [2.45, 2.75) is 25.7 Å². The molecule has 0 unspecified atom stereocenters. The fraction of sp³-hybridized carbons (Fsp3) is 0.353. The summed E-state index contributed by atoms with van der Waals surface area (Å²) >= 11 is 0. The van der Waals surface area contributed by atoms with Crippen LogP contribution in [0.15, 0.2) is 48.6 Å². The van der Waals surface area contributed by atoms with Crippen LogP contribution >= 0.6 is 0 Å². The van der Waals surface area contributed by atoms with Gasteiger partial charge in [0.05, 0.1) is 0 Å². The van der Waals surface area contributed by atoms with Crippen molar-refractivity contribution in [3.8, 4) is 5.75 Å². The van der Waals surface area contributed by atoms with Crippen LogP contribution in [-0.2, 0) is 0 Å². The molecule has 0 aliphatic heterocycles. The standard InChI is InChI=1S/C17H21NO2/c1-2-12-20-16-10-8-15(9-11-16)17(19)18-13-14-6-4-3-5-7-14/h2,6,8-11H,1,3-5,7,12-13H2,(H,18,19). The fourth-order valence-corrected chi connectivity index (χ4v) is 2.22. The Labute approximate surface area is 120 Å². The van der Waals surface area contributed by atoms with Gasteiger partial charge in [-0.05, 0) is 49.9 Å². The number of carbonyl (C=O) groups is 1. The Morgan fingerprint density at radius 1 is 1.30 bits per heavy atom. The number of amides is 1. The molecule has 1 aromatic carbocycles. The summed E-state index contributed by atoms with van der Waals surface area (Å²) in [6.45, 7) is 4.73. The molecule has 0 aromatic heterocycles. The highest BCUT2D eigenvalue weighted by molar-refractivity contribution is 5.94. The average molecular weight is 271 g/mol. The van der Waals surface area contributed by atoms with Gasteiger partial charge in [-0.2, -0.15) is 0 Å². The second-order valence-corrected chi connectivity index (χ2v) is 4.91. The van der Waals surface area contributed by atoms with E-state index < -0.39 is 0 Å². The van der Waals surface area contributed by atoms with Gasteiger partial charge in [0.25, 0.3) is 5.91 Å². The molecule has 0 atom stereocenters. The number of hydrogen-bond donors (Lipinski definition) is 1. The van der Waals surface area contributed by atoms with Crippen molar-refractivity contribution < 1.29 is 9.53 Å². The van der Waals surface area contributed by atoms with E-state index in [-0.39, 0.29) is 5.91 Å². The third-order valence-electron chi connectivity index (χ3n) is 3.35. The third kappa shape index (κ3) is 4.26. The molecule has 0 fully saturated rings. The van der Waals surface area contributed by atoms with E-state index in [1.165, 1.54) is 18.4 Å². The molecule has 1 aliphatic rings. The third-order valence-corrected chi connectivity index (χ3v) is 3.35. The number of benzene rings is 1. The molecule has 1 aromatic rings. The molecule has 0 bridgehead atoms. The molecule has 1 aliphatic carbocycles. The van der Waals surface area contributed by atoms with Crippen LogP contribution in [0.5, 0.6) is 5.75 Å². The van der Waals surface area contributed by atoms with Crippen molar-refractivity contribution in [3.05, 3.63) is 54.1 Å². The van der Waals surface area contributed by atoms with Crippen LogP contribution < -0.4 is 10.1 Å². The van der Waals surface area contributed by atoms with Gasteiger partial charge in [0, 0.05) is 12.1 Å². The number of hydrogen-bond acceptors (Lipinski definition) is 2. The summed E-state index contributed by atoms with van der Waals surface area (Å²) in [5.74, 6) is 0.711. The molecular weight excluding hydrogens is 250 g/mol. The first-order chi connectivity index (χ1) is 9.79. The highest BCUT2D eigenvalue weighted by Gasteiger charge is 2.08. The van der Waals surface area contributed by atoms with Gasteiger partial charge in [0.1, 0.15) is 12.4 Å². The lowest BCUT2D eigenvalue weighted by Crippen LogP contribution is -2.26. The van der Waals surface area contributed by atoms with E-state index in [9.17, 15) is 4.79 Å². The normalized spacial score (nSPS) is 14.3. The summed E-state index contributed by atoms with van der Waals surface area (Å²) in [5.41, 5.74) is 2.00. The lowest BCUT2D eigenvalue weighted by Gasteiger charge is -2.13. The molecule has 3 heteroatoms. The van der Waals surface area contributed by atoms with E-state index in [1.54, 1.807) is 30.3 Å². The smallest absolute Gasteiger partial charge is 0.251 e. The Hall–Kier alpha value is -2.03. The lowest BCUT2D eigenvalue weighted by molar-refractivity contribution is 0.0956. The summed E-state index contributed by atoms with van der Waals surface area (Å²) in [5, 5.41) is 2.97. The van der Waals surface area contributed by atoms with Crippen LogP contribution in [-0.4, -0.2) is 19.1 Å². The zero-order valence-electron chi connectivity index (χ0n) is 11.7. The van der Waals surface area contributed by atoms with Crippen molar-refractivity contribution in [1.82, 2.24) is 5.32 Å². The first-order valence-electron chi connectivity index (χ1n) is 7.09. The Balaban J connectivity index is 1.85. The number of nitrogens with one attached hydrogen (secondary N) is 1. The minimum absolute atomic E-state index is 0.0354. The molecular formula is C17H21NO2. The molecule has 0 saturated heterocycles. The SMILES string of the molecule is C=CCOc1ccc(C(=O)NCC2=CCCCC2)cc1. The largest absolute Gasteiger partial charge is 0.490 e. The Bertz CT molecular complexity index is 488. The van der Waals surface area contributed by atoms with Crippen molar-refractivity contribution >= 4 is 5.91 Å². The zero-order chi connectivity index (χ0) is 14.2. The Kier molecular flexibility index (Phi) is 5.42. The van der Waals surface area contributed by atoms with E-state index >= 15 is 0 Å². The van der Waals surface area contributed by atoms with Crippen molar-refractivity contribution in [1.29, 1.82) is 0 Å². The topological polar surface area (TPSA) is 38.3 Å². The van der Waals surface area contributed by atoms with E-state index in [0.717, 1.165) is 18.6 Å². The molecule has 0 heterocycles. The van der Waals surface area contributed by atoms with E-state index in [2.05, 4.69) is 18.0 Å². The first kappa shape index (κ1) is 14.4. The summed E-state index contributed by atoms with van der Waals surface area (Å²) in [7, 11) is 0. The van der Waals surface area contributed by atoms with Crippen LogP contribution in [0, 0.1) is 0 Å². The first-order valence-corrected chi connectivity index (χ1v) is 7.09. The maximum atomic E-state index is 12.0. The van der Waals surface area contributed by atoms with Crippen molar-refractivity contribution in [3.63, 3.8) is 0 Å². The van der Waals surface area contributed by atoms with Crippen molar-refractivity contribution in [2.75, 3.05) is 13.2 Å². The molecule has 1 N–H and O–H groups in total. The van der Waals surface area contributed by atoms with Crippen LogP contribution in [0.3, 0.4) is 0 Å². The van der Waals surface area contributed by atoms with Gasteiger partial charge in [-0.25, -0.2) is 0 Å². The Morgan fingerprint density at radius 2 is 2.10 bits per heavy atom. The molecule has 0 spiro atoms. The van der Waals surface area contributed by atoms with Crippen molar-refractivity contribution in [2.24, 2.45) is 0 Å². The second-order valence-electron chi connectivity index (χ2n) is 4.91. The fourth-order valence-electron chi connectivity index (χ4n) is 2.22. The predicted molar refractivity (Wildman–Crippen MR) is 81.0 cm³/mol. The monoisotopic (exact) mass is 271 g/mol. The van der Waals surface area contributed by atoms with Crippen LogP contribution in [0.1, 0.15) is 36.0 Å². The molecule has 1 amide bonds. The molecule has 106 valence electrons. The maximum Gasteiger partial charge on any atom is 0.251 e. The van der Waals surface area contributed by atoms with Gasteiger partial charge in [-0.15, -0.1) is 0 Å². The molecule has 0 saturated carbocycles. The van der Waals surface area contributed by atoms with Gasteiger partial charge in [-0.1, -0.05) is 24.3 Å². The summed E-state index contributed by atoms with van der Waals surface area (Å²) in [6, 6.07) is 7.17. The number of allylic oxidation sites excluding steroid dienone is 1. The van der Waals surface area contributed by atoms with Gasteiger partial charge < -0.3 is 10.1 Å². The van der Waals surface area contributed by atoms with E-state index in [4.69, 9.17) is 4.74 Å².